The van der Waals surface area contributed by atoms with Crippen molar-refractivity contribution in [1.29, 1.82) is 0 Å². The molecule has 0 bridgehead atoms. The summed E-state index contributed by atoms with van der Waals surface area (Å²) in [4.78, 5) is 26.0. The van der Waals surface area contributed by atoms with Gasteiger partial charge < -0.3 is 9.64 Å². The number of sulfonamides is 1. The van der Waals surface area contributed by atoms with Gasteiger partial charge in [-0.1, -0.05) is 35.9 Å². The number of nitrogens with zero attached hydrogens (tertiary/aromatic N) is 2. The van der Waals surface area contributed by atoms with Crippen molar-refractivity contribution in [3.05, 3.63) is 71.8 Å². The molecule has 1 aliphatic rings. The first-order valence-corrected chi connectivity index (χ1v) is 11.6. The average molecular weight is 463 g/mol. The largest absolute Gasteiger partial charge is 0.452 e. The second-order valence-electron chi connectivity index (χ2n) is 6.97. The van der Waals surface area contributed by atoms with Crippen LogP contribution >= 0.6 is 11.6 Å². The van der Waals surface area contributed by atoms with Crippen molar-refractivity contribution < 1.29 is 22.7 Å². The number of carbonyl (C=O) groups is 2. The summed E-state index contributed by atoms with van der Waals surface area (Å²) in [7, 11) is -4.10. The van der Waals surface area contributed by atoms with Gasteiger partial charge in [-0.15, -0.1) is 6.58 Å². The number of para-hydroxylation sites is 1. The minimum absolute atomic E-state index is 0.0104. The first-order valence-electron chi connectivity index (χ1n) is 9.77. The Morgan fingerprint density at radius 2 is 1.81 bits per heavy atom. The van der Waals surface area contributed by atoms with Crippen LogP contribution in [0, 0.1) is 0 Å². The van der Waals surface area contributed by atoms with Crippen LogP contribution in [0.4, 0.5) is 5.69 Å². The predicted octanol–water partition coefficient (Wildman–Crippen LogP) is 3.50. The number of esters is 1. The lowest BCUT2D eigenvalue weighted by molar-refractivity contribution is -0.133. The lowest BCUT2D eigenvalue weighted by atomic mass is 10.2. The Hall–Kier alpha value is -2.84. The van der Waals surface area contributed by atoms with Crippen LogP contribution < -0.4 is 4.31 Å². The van der Waals surface area contributed by atoms with Crippen LogP contribution in [0.1, 0.15) is 23.2 Å². The van der Waals surface area contributed by atoms with Gasteiger partial charge in [-0.3, -0.25) is 9.10 Å². The molecule has 31 heavy (non-hydrogen) atoms. The molecule has 164 valence electrons. The van der Waals surface area contributed by atoms with Gasteiger partial charge in [0.25, 0.3) is 15.9 Å². The molecule has 0 atom stereocenters. The number of hydrogen-bond acceptors (Lipinski definition) is 5. The minimum atomic E-state index is -4.10. The van der Waals surface area contributed by atoms with Crippen molar-refractivity contribution >= 4 is 39.2 Å². The zero-order chi connectivity index (χ0) is 22.4. The minimum Gasteiger partial charge on any atom is -0.452 e. The van der Waals surface area contributed by atoms with Crippen molar-refractivity contribution in [3.63, 3.8) is 0 Å². The Labute approximate surface area is 186 Å². The molecular formula is C22H23ClN2O5S. The highest BCUT2D eigenvalue weighted by atomic mass is 35.5. The smallest absolute Gasteiger partial charge is 0.338 e. The topological polar surface area (TPSA) is 84.0 Å². The fraction of sp³-hybridized carbons (Fsp3) is 0.273. The molecular weight excluding hydrogens is 440 g/mol. The van der Waals surface area contributed by atoms with Crippen molar-refractivity contribution in [2.45, 2.75) is 17.7 Å². The SMILES string of the molecule is C=CCN(c1ccccc1)S(=O)(=O)c1cc(C(=O)OCC(=O)N2CCCC2)ccc1Cl. The summed E-state index contributed by atoms with van der Waals surface area (Å²) >= 11 is 6.19. The van der Waals surface area contributed by atoms with Crippen LogP contribution in [0.5, 0.6) is 0 Å². The van der Waals surface area contributed by atoms with Crippen LogP contribution in [0.25, 0.3) is 0 Å². The highest BCUT2D eigenvalue weighted by Gasteiger charge is 2.28. The number of benzene rings is 2. The van der Waals surface area contributed by atoms with Crippen LogP contribution in [0.3, 0.4) is 0 Å². The number of ether oxygens (including phenoxy) is 1. The first-order chi connectivity index (χ1) is 14.8. The van der Waals surface area contributed by atoms with Crippen molar-refractivity contribution in [3.8, 4) is 0 Å². The monoisotopic (exact) mass is 462 g/mol. The molecule has 0 aliphatic carbocycles. The Balaban J connectivity index is 1.84. The maximum Gasteiger partial charge on any atom is 0.338 e. The van der Waals surface area contributed by atoms with Gasteiger partial charge in [0.1, 0.15) is 4.90 Å². The zero-order valence-corrected chi connectivity index (χ0v) is 18.4. The van der Waals surface area contributed by atoms with E-state index in [4.69, 9.17) is 16.3 Å². The molecule has 0 unspecified atom stereocenters. The van der Waals surface area contributed by atoms with E-state index in [1.807, 2.05) is 0 Å². The maximum absolute atomic E-state index is 13.3. The van der Waals surface area contributed by atoms with Crippen LogP contribution in [0.2, 0.25) is 5.02 Å². The number of anilines is 1. The fourth-order valence-electron chi connectivity index (χ4n) is 3.27. The van der Waals surface area contributed by atoms with Gasteiger partial charge in [-0.2, -0.15) is 0 Å². The molecule has 1 heterocycles. The van der Waals surface area contributed by atoms with E-state index < -0.39 is 22.6 Å². The third-order valence-corrected chi connectivity index (χ3v) is 7.13. The quantitative estimate of drug-likeness (QED) is 0.443. The molecule has 1 saturated heterocycles. The highest BCUT2D eigenvalue weighted by molar-refractivity contribution is 7.93. The lowest BCUT2D eigenvalue weighted by Crippen LogP contribution is -2.32. The summed E-state index contributed by atoms with van der Waals surface area (Å²) in [6.45, 7) is 4.55. The summed E-state index contributed by atoms with van der Waals surface area (Å²) in [5.74, 6) is -1.07. The molecule has 3 rings (SSSR count). The van der Waals surface area contributed by atoms with Gasteiger partial charge in [0.05, 0.1) is 22.8 Å². The van der Waals surface area contributed by atoms with E-state index in [-0.39, 0.29) is 27.9 Å². The van der Waals surface area contributed by atoms with E-state index in [1.165, 1.54) is 24.3 Å². The average Bonchev–Trinajstić information content (AvgIpc) is 3.31. The summed E-state index contributed by atoms with van der Waals surface area (Å²) in [6.07, 6.45) is 3.32. The molecule has 0 spiro atoms. The Morgan fingerprint density at radius 3 is 2.45 bits per heavy atom. The molecule has 1 fully saturated rings. The molecule has 0 aromatic heterocycles. The van der Waals surface area contributed by atoms with Gasteiger partial charge in [0.15, 0.2) is 6.61 Å². The molecule has 1 amide bonds. The first kappa shape index (κ1) is 22.8. The number of hydrogen-bond donors (Lipinski definition) is 0. The fourth-order valence-corrected chi connectivity index (χ4v) is 5.21. The lowest BCUT2D eigenvalue weighted by Gasteiger charge is -2.24. The van der Waals surface area contributed by atoms with E-state index in [9.17, 15) is 18.0 Å². The Kier molecular flexibility index (Phi) is 7.35. The zero-order valence-electron chi connectivity index (χ0n) is 16.9. The molecule has 0 saturated carbocycles. The maximum atomic E-state index is 13.3. The summed E-state index contributed by atoms with van der Waals surface area (Å²) < 4.78 is 32.9. The van der Waals surface area contributed by atoms with Crippen molar-refractivity contribution in [2.75, 3.05) is 30.5 Å². The second kappa shape index (κ2) is 9.98. The Morgan fingerprint density at radius 1 is 1.13 bits per heavy atom. The molecule has 1 aliphatic heterocycles. The van der Waals surface area contributed by atoms with E-state index in [1.54, 1.807) is 35.2 Å². The third-order valence-electron chi connectivity index (χ3n) is 4.86. The van der Waals surface area contributed by atoms with E-state index in [2.05, 4.69) is 6.58 Å². The van der Waals surface area contributed by atoms with Crippen molar-refractivity contribution in [2.24, 2.45) is 0 Å². The number of rotatable bonds is 8. The van der Waals surface area contributed by atoms with E-state index in [0.29, 0.717) is 18.8 Å². The van der Waals surface area contributed by atoms with Gasteiger partial charge in [-0.25, -0.2) is 13.2 Å². The van der Waals surface area contributed by atoms with Crippen LogP contribution in [0.15, 0.2) is 66.1 Å². The standard InChI is InChI=1S/C22H23ClN2O5S/c1-2-12-25(18-8-4-3-5-9-18)31(28,29)20-15-17(10-11-19(20)23)22(27)30-16-21(26)24-13-6-7-14-24/h2-5,8-11,15H,1,6-7,12-14,16H2. The van der Waals surface area contributed by atoms with Gasteiger partial charge in [0, 0.05) is 13.1 Å². The summed E-state index contributed by atoms with van der Waals surface area (Å²) in [5, 5.41) is -0.0327. The second-order valence-corrected chi connectivity index (χ2v) is 9.21. The Bertz CT molecular complexity index is 1070. The van der Waals surface area contributed by atoms with Gasteiger partial charge >= 0.3 is 5.97 Å². The van der Waals surface area contributed by atoms with Crippen LogP contribution in [-0.4, -0.2) is 51.4 Å². The molecule has 0 radical (unpaired) electrons. The number of halogens is 1. The van der Waals surface area contributed by atoms with Crippen molar-refractivity contribution in [1.82, 2.24) is 4.90 Å². The third kappa shape index (κ3) is 5.26. The number of amides is 1. The predicted molar refractivity (Wildman–Crippen MR) is 119 cm³/mol. The van der Waals surface area contributed by atoms with Gasteiger partial charge in [0.2, 0.25) is 0 Å². The molecule has 2 aromatic carbocycles. The number of likely N-dealkylation sites (tertiary alicyclic amines) is 1. The van der Waals surface area contributed by atoms with E-state index >= 15 is 0 Å². The molecule has 0 N–H and O–H groups in total. The van der Waals surface area contributed by atoms with Crippen LogP contribution in [-0.2, 0) is 19.6 Å². The summed E-state index contributed by atoms with van der Waals surface area (Å²) in [6, 6.07) is 12.4. The molecule has 7 nitrogen and oxygen atoms in total. The molecule has 2 aromatic rings. The summed E-state index contributed by atoms with van der Waals surface area (Å²) in [5.41, 5.74) is 0.423. The molecule has 9 heteroatoms. The van der Waals surface area contributed by atoms with Gasteiger partial charge in [-0.05, 0) is 43.2 Å². The van der Waals surface area contributed by atoms with E-state index in [0.717, 1.165) is 17.1 Å². The highest BCUT2D eigenvalue weighted by Crippen LogP contribution is 2.29. The number of carbonyl (C=O) groups excluding carboxylic acids is 2. The normalized spacial score (nSPS) is 13.6.